The average Bonchev–Trinajstić information content (AvgIpc) is 3.23. The number of anilines is 1. The van der Waals surface area contributed by atoms with E-state index in [-0.39, 0.29) is 18.6 Å². The fraction of sp³-hybridized carbons (Fsp3) is 0.412. The molecule has 1 N–H and O–H groups in total. The zero-order valence-corrected chi connectivity index (χ0v) is 14.0. The van der Waals surface area contributed by atoms with Crippen LogP contribution in [0.15, 0.2) is 41.1 Å². The predicted molar refractivity (Wildman–Crippen MR) is 90.8 cm³/mol. The third kappa shape index (κ3) is 5.06. The smallest absolute Gasteiger partial charge is 0.239 e. The van der Waals surface area contributed by atoms with Gasteiger partial charge in [-0.2, -0.15) is 0 Å². The standard InChI is InChI=1S/C17H20ClN3O3/c18-13-5-6-16(19-9-13)20-17(22)12-21(10-14-3-1-7-23-14)11-15-4-2-8-24-15/h1,3,5-7,9,15H,2,4,8,10-12H2,(H,19,20,22). The van der Waals surface area contributed by atoms with Gasteiger partial charge < -0.3 is 14.5 Å². The van der Waals surface area contributed by atoms with Crippen molar-refractivity contribution in [2.45, 2.75) is 25.5 Å². The lowest BCUT2D eigenvalue weighted by molar-refractivity contribution is -0.117. The Labute approximate surface area is 145 Å². The molecule has 7 heteroatoms. The number of furan rings is 1. The van der Waals surface area contributed by atoms with Gasteiger partial charge in [0.2, 0.25) is 5.91 Å². The fourth-order valence-electron chi connectivity index (χ4n) is 2.72. The molecule has 1 saturated heterocycles. The maximum absolute atomic E-state index is 12.3. The van der Waals surface area contributed by atoms with E-state index in [4.69, 9.17) is 20.8 Å². The van der Waals surface area contributed by atoms with Crippen LogP contribution in [0.5, 0.6) is 0 Å². The van der Waals surface area contributed by atoms with E-state index in [1.807, 2.05) is 17.0 Å². The fourth-order valence-corrected chi connectivity index (χ4v) is 2.83. The van der Waals surface area contributed by atoms with Gasteiger partial charge in [-0.1, -0.05) is 11.6 Å². The average molecular weight is 350 g/mol. The Morgan fingerprint density at radius 3 is 3.00 bits per heavy atom. The number of pyridine rings is 1. The summed E-state index contributed by atoms with van der Waals surface area (Å²) in [7, 11) is 0. The number of amides is 1. The van der Waals surface area contributed by atoms with Crippen LogP contribution in [0, 0.1) is 0 Å². The van der Waals surface area contributed by atoms with Crippen LogP contribution in [-0.4, -0.2) is 41.6 Å². The van der Waals surface area contributed by atoms with Crippen molar-refractivity contribution in [2.75, 3.05) is 25.0 Å². The molecule has 0 bridgehead atoms. The predicted octanol–water partition coefficient (Wildman–Crippen LogP) is 2.95. The summed E-state index contributed by atoms with van der Waals surface area (Å²) >= 11 is 5.80. The second kappa shape index (κ2) is 8.28. The van der Waals surface area contributed by atoms with Gasteiger partial charge in [-0.3, -0.25) is 9.69 Å². The zero-order valence-electron chi connectivity index (χ0n) is 13.3. The largest absolute Gasteiger partial charge is 0.468 e. The molecule has 0 radical (unpaired) electrons. The molecule has 3 heterocycles. The summed E-state index contributed by atoms with van der Waals surface area (Å²) in [6, 6.07) is 7.12. The van der Waals surface area contributed by atoms with E-state index in [1.165, 1.54) is 6.20 Å². The number of carbonyl (C=O) groups excluding carboxylic acids is 1. The number of rotatable bonds is 7. The highest BCUT2D eigenvalue weighted by molar-refractivity contribution is 6.30. The summed E-state index contributed by atoms with van der Waals surface area (Å²) in [5.41, 5.74) is 0. The quantitative estimate of drug-likeness (QED) is 0.832. The molecule has 128 valence electrons. The SMILES string of the molecule is O=C(CN(Cc1ccco1)CC1CCCO1)Nc1ccc(Cl)cn1. The summed E-state index contributed by atoms with van der Waals surface area (Å²) < 4.78 is 11.1. The lowest BCUT2D eigenvalue weighted by Gasteiger charge is -2.23. The Morgan fingerprint density at radius 1 is 1.42 bits per heavy atom. The molecular weight excluding hydrogens is 330 g/mol. The van der Waals surface area contributed by atoms with Crippen molar-refractivity contribution in [1.29, 1.82) is 0 Å². The minimum atomic E-state index is -0.130. The summed E-state index contributed by atoms with van der Waals surface area (Å²) in [5, 5.41) is 3.32. The van der Waals surface area contributed by atoms with E-state index in [9.17, 15) is 4.79 Å². The molecule has 0 aliphatic carbocycles. The van der Waals surface area contributed by atoms with E-state index in [2.05, 4.69) is 10.3 Å². The first kappa shape index (κ1) is 17.0. The van der Waals surface area contributed by atoms with Gasteiger partial charge in [0.15, 0.2) is 0 Å². The first-order chi connectivity index (χ1) is 11.7. The van der Waals surface area contributed by atoms with E-state index in [0.717, 1.165) is 25.2 Å². The van der Waals surface area contributed by atoms with Gasteiger partial charge in [0.05, 0.1) is 30.5 Å². The molecule has 1 fully saturated rings. The molecule has 6 nitrogen and oxygen atoms in total. The van der Waals surface area contributed by atoms with Crippen LogP contribution in [0.2, 0.25) is 5.02 Å². The first-order valence-electron chi connectivity index (χ1n) is 7.97. The molecule has 1 aliphatic rings. The third-order valence-corrected chi connectivity index (χ3v) is 4.03. The van der Waals surface area contributed by atoms with Crippen molar-refractivity contribution < 1.29 is 13.9 Å². The summed E-state index contributed by atoms with van der Waals surface area (Å²) in [4.78, 5) is 18.4. The summed E-state index contributed by atoms with van der Waals surface area (Å²) in [5.74, 6) is 1.18. The molecule has 0 spiro atoms. The van der Waals surface area contributed by atoms with E-state index >= 15 is 0 Å². The molecule has 2 aromatic rings. The van der Waals surface area contributed by atoms with Crippen LogP contribution < -0.4 is 5.32 Å². The minimum absolute atomic E-state index is 0.130. The van der Waals surface area contributed by atoms with Gasteiger partial charge in [0, 0.05) is 19.3 Å². The monoisotopic (exact) mass is 349 g/mol. The van der Waals surface area contributed by atoms with Gasteiger partial charge in [0.25, 0.3) is 0 Å². The second-order valence-electron chi connectivity index (χ2n) is 5.79. The lowest BCUT2D eigenvalue weighted by atomic mass is 10.2. The number of nitrogens with one attached hydrogen (secondary N) is 1. The van der Waals surface area contributed by atoms with Gasteiger partial charge in [-0.05, 0) is 37.1 Å². The Morgan fingerprint density at radius 2 is 2.33 bits per heavy atom. The number of carbonyl (C=O) groups is 1. The van der Waals surface area contributed by atoms with Crippen LogP contribution in [0.25, 0.3) is 0 Å². The molecular formula is C17H20ClN3O3. The molecule has 24 heavy (non-hydrogen) atoms. The zero-order chi connectivity index (χ0) is 16.8. The lowest BCUT2D eigenvalue weighted by Crippen LogP contribution is -2.37. The highest BCUT2D eigenvalue weighted by Gasteiger charge is 2.21. The number of halogens is 1. The van der Waals surface area contributed by atoms with Gasteiger partial charge >= 0.3 is 0 Å². The number of nitrogens with zero attached hydrogens (tertiary/aromatic N) is 2. The van der Waals surface area contributed by atoms with Crippen LogP contribution in [-0.2, 0) is 16.1 Å². The Bertz CT molecular complexity index is 640. The van der Waals surface area contributed by atoms with E-state index in [0.29, 0.717) is 23.9 Å². The van der Waals surface area contributed by atoms with Crippen LogP contribution in [0.4, 0.5) is 5.82 Å². The number of aromatic nitrogens is 1. The third-order valence-electron chi connectivity index (χ3n) is 3.81. The molecule has 1 aliphatic heterocycles. The van der Waals surface area contributed by atoms with Crippen LogP contribution in [0.1, 0.15) is 18.6 Å². The number of ether oxygens (including phenoxy) is 1. The highest BCUT2D eigenvalue weighted by Crippen LogP contribution is 2.16. The van der Waals surface area contributed by atoms with Crippen molar-refractivity contribution >= 4 is 23.3 Å². The van der Waals surface area contributed by atoms with Crippen molar-refractivity contribution in [1.82, 2.24) is 9.88 Å². The Kier molecular flexibility index (Phi) is 5.85. The summed E-state index contributed by atoms with van der Waals surface area (Å²) in [6.07, 6.45) is 5.40. The van der Waals surface area contributed by atoms with Gasteiger partial charge in [0.1, 0.15) is 11.6 Å². The Hall–Kier alpha value is -1.89. The topological polar surface area (TPSA) is 67.6 Å². The molecule has 2 aromatic heterocycles. The van der Waals surface area contributed by atoms with Gasteiger partial charge in [-0.15, -0.1) is 0 Å². The maximum Gasteiger partial charge on any atom is 0.239 e. The molecule has 1 amide bonds. The summed E-state index contributed by atoms with van der Waals surface area (Å²) in [6.45, 7) is 2.29. The first-order valence-corrected chi connectivity index (χ1v) is 8.34. The second-order valence-corrected chi connectivity index (χ2v) is 6.23. The maximum atomic E-state index is 12.3. The van der Waals surface area contributed by atoms with Crippen molar-refractivity contribution in [3.63, 3.8) is 0 Å². The van der Waals surface area contributed by atoms with Crippen LogP contribution in [0.3, 0.4) is 0 Å². The Balaban J connectivity index is 1.58. The van der Waals surface area contributed by atoms with Gasteiger partial charge in [-0.25, -0.2) is 4.98 Å². The van der Waals surface area contributed by atoms with Crippen molar-refractivity contribution in [2.24, 2.45) is 0 Å². The van der Waals surface area contributed by atoms with Crippen LogP contribution >= 0.6 is 11.6 Å². The molecule has 1 atom stereocenters. The number of hydrogen-bond acceptors (Lipinski definition) is 5. The molecule has 1 unspecified atom stereocenters. The van der Waals surface area contributed by atoms with E-state index < -0.39 is 0 Å². The van der Waals surface area contributed by atoms with Crippen molar-refractivity contribution in [3.8, 4) is 0 Å². The van der Waals surface area contributed by atoms with E-state index in [1.54, 1.807) is 18.4 Å². The minimum Gasteiger partial charge on any atom is -0.468 e. The van der Waals surface area contributed by atoms with Crippen molar-refractivity contribution in [3.05, 3.63) is 47.5 Å². The number of hydrogen-bond donors (Lipinski definition) is 1. The molecule has 0 saturated carbocycles. The normalized spacial score (nSPS) is 17.3. The molecule has 0 aromatic carbocycles. The highest BCUT2D eigenvalue weighted by atomic mass is 35.5. The molecule has 3 rings (SSSR count).